The molecule has 0 saturated heterocycles. The van der Waals surface area contributed by atoms with Gasteiger partial charge in [-0.05, 0) is 43.2 Å². The molecule has 1 unspecified atom stereocenters. The zero-order valence-corrected chi connectivity index (χ0v) is 17.6. The number of aryl methyl sites for hydroxylation is 2. The molecule has 8 heteroatoms. The molecule has 0 bridgehead atoms. The summed E-state index contributed by atoms with van der Waals surface area (Å²) >= 11 is 3.03. The summed E-state index contributed by atoms with van der Waals surface area (Å²) in [5.74, 6) is 0.393. The zero-order chi connectivity index (χ0) is 17.9. The maximum Gasteiger partial charge on any atom is 0.257 e. The fourth-order valence-corrected chi connectivity index (χ4v) is 2.60. The number of hydrogen-bond donors (Lipinski definition) is 2. The van der Waals surface area contributed by atoms with Gasteiger partial charge in [0.2, 0.25) is 0 Å². The molecule has 25 heavy (non-hydrogen) atoms. The molecule has 1 aromatic heterocycles. The van der Waals surface area contributed by atoms with Crippen molar-refractivity contribution in [3.05, 3.63) is 46.6 Å². The largest absolute Gasteiger partial charge is 0.508 e. The molecule has 0 fully saturated rings. The Bertz CT molecular complexity index is 774. The molecule has 0 aliphatic heterocycles. The minimum atomic E-state index is -1.40. The van der Waals surface area contributed by atoms with Crippen molar-refractivity contribution in [3.63, 3.8) is 0 Å². The number of ether oxygens (including phenoxy) is 1. The van der Waals surface area contributed by atoms with Gasteiger partial charge in [0.15, 0.2) is 0 Å². The van der Waals surface area contributed by atoms with E-state index < -0.39 is 12.1 Å². The number of carbonyl (C=O) groups is 1. The van der Waals surface area contributed by atoms with E-state index >= 15 is 0 Å². The number of aromatic hydroxyl groups is 1. The van der Waals surface area contributed by atoms with Crippen LogP contribution in [0.5, 0.6) is 11.5 Å². The molecule has 2 N–H and O–H groups in total. The SMILES string of the molecule is COc1cnc(NC(=O)c2cc(C(F)CBr)c(O)cc2C)c(C)c1.[Lr]. The Kier molecular flexibility index (Phi) is 6.45. The number of benzene rings is 1. The molecular weight excluding hydrogens is 641 g/mol. The van der Waals surface area contributed by atoms with Crippen LogP contribution in [0.2, 0.25) is 0 Å². The summed E-state index contributed by atoms with van der Waals surface area (Å²) in [6.45, 7) is 3.47. The van der Waals surface area contributed by atoms with Crippen LogP contribution in [-0.4, -0.2) is 28.4 Å². The summed E-state index contributed by atoms with van der Waals surface area (Å²) < 4.78 is 19.0. The molecule has 0 saturated carbocycles. The van der Waals surface area contributed by atoms with Gasteiger partial charge in [0.25, 0.3) is 5.91 Å². The second kappa shape index (κ2) is 8.10. The monoisotopic (exact) mass is 658 g/mol. The van der Waals surface area contributed by atoms with Crippen LogP contribution >= 0.6 is 15.9 Å². The van der Waals surface area contributed by atoms with E-state index in [1.54, 1.807) is 19.9 Å². The molecule has 2 aromatic rings. The van der Waals surface area contributed by atoms with Crippen LogP contribution in [-0.2, 0) is 0 Å². The van der Waals surface area contributed by atoms with E-state index in [0.717, 1.165) is 5.56 Å². The van der Waals surface area contributed by atoms with Crippen LogP contribution < -0.4 is 10.1 Å². The van der Waals surface area contributed by atoms with Gasteiger partial charge < -0.3 is 15.2 Å². The standard InChI is InChI=1S/C17H18BrFN2O3.Lr/c1-9-5-15(22)13(14(19)7-18)6-12(9)17(23)21-16-10(2)4-11(24-3)8-20-16;/h4-6,8,14,22H,7H2,1-3H3,(H,20,21,23);. The third-order valence-electron chi connectivity index (χ3n) is 3.61. The maximum absolute atomic E-state index is 13.9. The van der Waals surface area contributed by atoms with Crippen molar-refractivity contribution in [1.29, 1.82) is 0 Å². The number of nitrogens with zero attached hydrogens (tertiary/aromatic N) is 1. The predicted octanol–water partition coefficient (Wildman–Crippen LogP) is 4.07. The van der Waals surface area contributed by atoms with Crippen molar-refractivity contribution in [2.45, 2.75) is 20.0 Å². The number of alkyl halides is 2. The number of nitrogens with one attached hydrogen (secondary N) is 1. The Morgan fingerprint density at radius 2 is 2.04 bits per heavy atom. The average molecular weight is 659 g/mol. The number of aromatic nitrogens is 1. The molecule has 2 rings (SSSR count). The van der Waals surface area contributed by atoms with Crippen molar-refractivity contribution in [3.8, 4) is 11.5 Å². The third-order valence-corrected chi connectivity index (χ3v) is 4.18. The fraction of sp³-hybridized carbons (Fsp3) is 0.294. The first-order valence-corrected chi connectivity index (χ1v) is 8.35. The van der Waals surface area contributed by atoms with E-state index in [4.69, 9.17) is 4.74 Å². The van der Waals surface area contributed by atoms with Crippen LogP contribution in [0, 0.1) is 13.8 Å². The second-order valence-corrected chi connectivity index (χ2v) is 5.99. The van der Waals surface area contributed by atoms with E-state index in [0.29, 0.717) is 17.1 Å². The fourth-order valence-electron chi connectivity index (χ4n) is 2.25. The topological polar surface area (TPSA) is 71.5 Å². The van der Waals surface area contributed by atoms with Gasteiger partial charge in [-0.2, -0.15) is 0 Å². The molecule has 0 spiro atoms. The number of hydrogen-bond acceptors (Lipinski definition) is 4. The van der Waals surface area contributed by atoms with Crippen molar-refractivity contribution in [2.24, 2.45) is 0 Å². The quantitative estimate of drug-likeness (QED) is 0.476. The molecule has 1 heterocycles. The van der Waals surface area contributed by atoms with Gasteiger partial charge in [0.1, 0.15) is 23.5 Å². The summed E-state index contributed by atoms with van der Waals surface area (Å²) in [6.07, 6.45) is 0.0955. The molecule has 1 radical (unpaired) electrons. The number of rotatable bonds is 5. The van der Waals surface area contributed by atoms with Gasteiger partial charge in [-0.25, -0.2) is 9.37 Å². The number of methoxy groups -OCH3 is 1. The van der Waals surface area contributed by atoms with Gasteiger partial charge in [-0.3, -0.25) is 4.79 Å². The predicted molar refractivity (Wildman–Crippen MR) is 94.0 cm³/mol. The first-order chi connectivity index (χ1) is 11.4. The van der Waals surface area contributed by atoms with Gasteiger partial charge >= 0.3 is 0 Å². The Balaban J connectivity index is 0.00000312. The van der Waals surface area contributed by atoms with E-state index in [1.165, 1.54) is 25.4 Å². The smallest absolute Gasteiger partial charge is 0.257 e. The average Bonchev–Trinajstić information content (AvgIpc) is 2.55. The molecule has 1 atom stereocenters. The van der Waals surface area contributed by atoms with Crippen LogP contribution in [0.25, 0.3) is 0 Å². The van der Waals surface area contributed by atoms with Crippen LogP contribution in [0.1, 0.15) is 33.2 Å². The van der Waals surface area contributed by atoms with Gasteiger partial charge in [-0.15, -0.1) is 0 Å². The molecule has 1 aromatic carbocycles. The maximum atomic E-state index is 13.9. The Morgan fingerprint density at radius 3 is 2.60 bits per heavy atom. The first-order valence-electron chi connectivity index (χ1n) is 7.23. The Labute approximate surface area is 148 Å². The Morgan fingerprint density at radius 1 is 1.36 bits per heavy atom. The number of pyridine rings is 1. The summed E-state index contributed by atoms with van der Waals surface area (Å²) in [5, 5.41) is 12.6. The van der Waals surface area contributed by atoms with E-state index in [-0.39, 0.29) is 22.2 Å². The van der Waals surface area contributed by atoms with E-state index in [9.17, 15) is 14.3 Å². The van der Waals surface area contributed by atoms with Gasteiger partial charge in [0.05, 0.1) is 13.3 Å². The summed E-state index contributed by atoms with van der Waals surface area (Å²) in [4.78, 5) is 16.7. The number of phenolic OH excluding ortho intramolecular Hbond substituents is 1. The van der Waals surface area contributed by atoms with Crippen LogP contribution in [0.4, 0.5) is 10.2 Å². The molecular formula is C17H18BrFLrN2O3. The number of amides is 1. The third kappa shape index (κ3) is 4.23. The van der Waals surface area contributed by atoms with Gasteiger partial charge in [0, 0.05) is 16.5 Å². The van der Waals surface area contributed by atoms with Crippen LogP contribution in [0.15, 0.2) is 24.4 Å². The molecule has 143 valence electrons. The minimum Gasteiger partial charge on any atom is -0.508 e. The zero-order valence-electron chi connectivity index (χ0n) is 13.8. The van der Waals surface area contributed by atoms with E-state index in [2.05, 4.69) is 26.2 Å². The second-order valence-electron chi connectivity index (χ2n) is 5.34. The first kappa shape index (κ1) is 19.9. The molecule has 0 aliphatic carbocycles. The minimum absolute atomic E-state index is 0. The van der Waals surface area contributed by atoms with Crippen molar-refractivity contribution in [2.75, 3.05) is 17.8 Å². The Hall–Kier alpha value is -3.15. The van der Waals surface area contributed by atoms with Crippen molar-refractivity contribution >= 4 is 27.7 Å². The summed E-state index contributed by atoms with van der Waals surface area (Å²) in [6, 6.07) is 4.50. The number of carbonyl (C=O) groups excluding carboxylic acids is 1. The summed E-state index contributed by atoms with van der Waals surface area (Å²) in [5.41, 5.74) is 1.63. The molecule has 5 nitrogen and oxygen atoms in total. The number of anilines is 1. The molecule has 0 aliphatic rings. The molecule has 1 amide bonds. The van der Waals surface area contributed by atoms with Crippen molar-refractivity contribution < 1.29 is 19.0 Å². The van der Waals surface area contributed by atoms with E-state index in [1.807, 2.05) is 0 Å². The normalized spacial score (nSPS) is 11.4. The van der Waals surface area contributed by atoms with Gasteiger partial charge in [-0.1, -0.05) is 15.9 Å². The number of phenols is 1. The van der Waals surface area contributed by atoms with Crippen molar-refractivity contribution in [1.82, 2.24) is 4.98 Å². The van der Waals surface area contributed by atoms with Crippen LogP contribution in [0.3, 0.4) is 0 Å². The summed E-state index contributed by atoms with van der Waals surface area (Å²) in [7, 11) is 1.54. The number of halogens is 2.